The monoisotopic (exact) mass is 179 g/mol. The van der Waals surface area contributed by atoms with Crippen molar-refractivity contribution in [1.82, 2.24) is 5.48 Å². The third-order valence-corrected chi connectivity index (χ3v) is 1.10. The Bertz CT molecular complexity index is 71.8. The highest BCUT2D eigenvalue weighted by molar-refractivity contribution is 4.37. The standard InChI is InChI=1S/C7H17NO4/c9-3-6-11-5-1-2-8-12-7-4-10/h8-10H,1-7H2. The third-order valence-electron chi connectivity index (χ3n) is 1.10. The van der Waals surface area contributed by atoms with Crippen molar-refractivity contribution in [3.05, 3.63) is 0 Å². The van der Waals surface area contributed by atoms with Gasteiger partial charge in [-0.2, -0.15) is 0 Å². The zero-order valence-electron chi connectivity index (χ0n) is 7.16. The van der Waals surface area contributed by atoms with Crippen molar-refractivity contribution in [2.24, 2.45) is 0 Å². The van der Waals surface area contributed by atoms with E-state index in [0.717, 1.165) is 6.42 Å². The van der Waals surface area contributed by atoms with Crippen molar-refractivity contribution in [3.63, 3.8) is 0 Å². The molecule has 0 aliphatic carbocycles. The Morgan fingerprint density at radius 2 is 1.75 bits per heavy atom. The van der Waals surface area contributed by atoms with Gasteiger partial charge in [0.15, 0.2) is 0 Å². The summed E-state index contributed by atoms with van der Waals surface area (Å²) in [5.74, 6) is 0. The van der Waals surface area contributed by atoms with Crippen LogP contribution in [0.3, 0.4) is 0 Å². The van der Waals surface area contributed by atoms with Gasteiger partial charge in [0.1, 0.15) is 0 Å². The summed E-state index contributed by atoms with van der Waals surface area (Å²) in [6, 6.07) is 0. The number of aliphatic hydroxyl groups is 2. The largest absolute Gasteiger partial charge is 0.394 e. The number of aliphatic hydroxyl groups excluding tert-OH is 2. The van der Waals surface area contributed by atoms with E-state index in [2.05, 4.69) is 5.48 Å². The molecule has 74 valence electrons. The molecular weight excluding hydrogens is 162 g/mol. The zero-order chi connectivity index (χ0) is 9.07. The van der Waals surface area contributed by atoms with Crippen LogP contribution in [-0.2, 0) is 9.57 Å². The molecule has 5 heteroatoms. The van der Waals surface area contributed by atoms with Crippen LogP contribution in [0.4, 0.5) is 0 Å². The summed E-state index contributed by atoms with van der Waals surface area (Å²) >= 11 is 0. The Labute approximate surface area is 72.2 Å². The number of nitrogens with one attached hydrogen (secondary N) is 1. The lowest BCUT2D eigenvalue weighted by molar-refractivity contribution is 0.0115. The summed E-state index contributed by atoms with van der Waals surface area (Å²) < 4.78 is 4.99. The molecule has 0 rings (SSSR count). The summed E-state index contributed by atoms with van der Waals surface area (Å²) in [6.45, 7) is 2.07. The molecule has 0 fully saturated rings. The molecule has 0 aliphatic rings. The van der Waals surface area contributed by atoms with Gasteiger partial charge < -0.3 is 14.9 Å². The van der Waals surface area contributed by atoms with Crippen molar-refractivity contribution >= 4 is 0 Å². The van der Waals surface area contributed by atoms with Crippen molar-refractivity contribution in [2.75, 3.05) is 39.6 Å². The van der Waals surface area contributed by atoms with Crippen molar-refractivity contribution < 1.29 is 19.8 Å². The molecule has 0 atom stereocenters. The molecule has 12 heavy (non-hydrogen) atoms. The molecule has 0 aromatic heterocycles. The van der Waals surface area contributed by atoms with Gasteiger partial charge in [-0.3, -0.25) is 4.84 Å². The highest BCUT2D eigenvalue weighted by atomic mass is 16.6. The molecule has 0 spiro atoms. The van der Waals surface area contributed by atoms with E-state index in [9.17, 15) is 0 Å². The van der Waals surface area contributed by atoms with Crippen LogP contribution in [0, 0.1) is 0 Å². The number of hydrogen-bond donors (Lipinski definition) is 3. The van der Waals surface area contributed by atoms with E-state index in [-0.39, 0.29) is 13.2 Å². The van der Waals surface area contributed by atoms with Gasteiger partial charge in [0.05, 0.1) is 26.4 Å². The molecule has 0 saturated carbocycles. The summed E-state index contributed by atoms with van der Waals surface area (Å²) in [7, 11) is 0. The van der Waals surface area contributed by atoms with Gasteiger partial charge >= 0.3 is 0 Å². The Morgan fingerprint density at radius 1 is 1.00 bits per heavy atom. The van der Waals surface area contributed by atoms with Crippen molar-refractivity contribution in [3.8, 4) is 0 Å². The van der Waals surface area contributed by atoms with Crippen LogP contribution < -0.4 is 5.48 Å². The summed E-state index contributed by atoms with van der Waals surface area (Å²) in [6.07, 6.45) is 0.825. The molecule has 5 nitrogen and oxygen atoms in total. The average Bonchev–Trinajstić information content (AvgIpc) is 2.10. The highest BCUT2D eigenvalue weighted by Crippen LogP contribution is 1.80. The second kappa shape index (κ2) is 10.8. The van der Waals surface area contributed by atoms with E-state index >= 15 is 0 Å². The van der Waals surface area contributed by atoms with Crippen LogP contribution in [0.2, 0.25) is 0 Å². The minimum Gasteiger partial charge on any atom is -0.394 e. The van der Waals surface area contributed by atoms with Gasteiger partial charge in [-0.1, -0.05) is 0 Å². The smallest absolute Gasteiger partial charge is 0.0913 e. The SMILES string of the molecule is OCCOCCCNOCCO. The van der Waals surface area contributed by atoms with Gasteiger partial charge in [0, 0.05) is 13.2 Å². The van der Waals surface area contributed by atoms with Gasteiger partial charge in [-0.15, -0.1) is 0 Å². The van der Waals surface area contributed by atoms with Crippen LogP contribution in [-0.4, -0.2) is 49.8 Å². The lowest BCUT2D eigenvalue weighted by Crippen LogP contribution is -2.19. The molecule has 0 saturated heterocycles. The highest BCUT2D eigenvalue weighted by Gasteiger charge is 1.88. The molecule has 0 amide bonds. The second-order valence-electron chi connectivity index (χ2n) is 2.16. The van der Waals surface area contributed by atoms with Crippen LogP contribution in [0.25, 0.3) is 0 Å². The minimum atomic E-state index is 0.0218. The zero-order valence-corrected chi connectivity index (χ0v) is 7.16. The number of rotatable bonds is 9. The Balaban J connectivity index is 2.73. The van der Waals surface area contributed by atoms with Crippen molar-refractivity contribution in [2.45, 2.75) is 6.42 Å². The Morgan fingerprint density at radius 3 is 2.42 bits per heavy atom. The number of hydroxylamine groups is 1. The summed E-state index contributed by atoms with van der Waals surface area (Å²) in [5.41, 5.74) is 2.66. The topological polar surface area (TPSA) is 71.0 Å². The fraction of sp³-hybridized carbons (Fsp3) is 1.00. The second-order valence-corrected chi connectivity index (χ2v) is 2.16. The molecule has 3 N–H and O–H groups in total. The van der Waals surface area contributed by atoms with E-state index in [1.54, 1.807) is 0 Å². The van der Waals surface area contributed by atoms with E-state index in [1.807, 2.05) is 0 Å². The predicted octanol–water partition coefficient (Wildman–Crippen LogP) is -1.10. The fourth-order valence-electron chi connectivity index (χ4n) is 0.603. The van der Waals surface area contributed by atoms with Crippen LogP contribution in [0.5, 0.6) is 0 Å². The van der Waals surface area contributed by atoms with E-state index in [0.29, 0.717) is 26.4 Å². The van der Waals surface area contributed by atoms with Crippen LogP contribution in [0.1, 0.15) is 6.42 Å². The average molecular weight is 179 g/mol. The van der Waals surface area contributed by atoms with E-state index < -0.39 is 0 Å². The molecule has 0 aromatic rings. The summed E-state index contributed by atoms with van der Waals surface area (Å²) in [4.78, 5) is 4.78. The quantitative estimate of drug-likeness (QED) is 0.309. The van der Waals surface area contributed by atoms with E-state index in [1.165, 1.54) is 0 Å². The first-order valence-corrected chi connectivity index (χ1v) is 4.06. The summed E-state index contributed by atoms with van der Waals surface area (Å²) in [5, 5.41) is 16.7. The third kappa shape index (κ3) is 9.80. The van der Waals surface area contributed by atoms with Crippen LogP contribution in [0.15, 0.2) is 0 Å². The number of ether oxygens (including phenoxy) is 1. The van der Waals surface area contributed by atoms with Gasteiger partial charge in [0.2, 0.25) is 0 Å². The fourth-order valence-corrected chi connectivity index (χ4v) is 0.603. The van der Waals surface area contributed by atoms with Gasteiger partial charge in [-0.05, 0) is 6.42 Å². The lowest BCUT2D eigenvalue weighted by Gasteiger charge is -2.04. The molecule has 0 aliphatic heterocycles. The molecule has 0 aromatic carbocycles. The lowest BCUT2D eigenvalue weighted by atomic mass is 10.5. The Kier molecular flexibility index (Phi) is 10.6. The predicted molar refractivity (Wildman–Crippen MR) is 43.6 cm³/mol. The molecule has 0 bridgehead atoms. The molecule has 0 radical (unpaired) electrons. The maximum absolute atomic E-state index is 8.35. The molecular formula is C7H17NO4. The van der Waals surface area contributed by atoms with Gasteiger partial charge in [-0.25, -0.2) is 5.48 Å². The first-order chi connectivity index (χ1) is 5.91. The van der Waals surface area contributed by atoms with E-state index in [4.69, 9.17) is 19.8 Å². The first-order valence-electron chi connectivity index (χ1n) is 4.06. The minimum absolute atomic E-state index is 0.0218. The van der Waals surface area contributed by atoms with Crippen molar-refractivity contribution in [1.29, 1.82) is 0 Å². The van der Waals surface area contributed by atoms with Gasteiger partial charge in [0.25, 0.3) is 0 Å². The first kappa shape index (κ1) is 11.8. The van der Waals surface area contributed by atoms with Crippen LogP contribution >= 0.6 is 0 Å². The molecule has 0 unspecified atom stereocenters. The Hall–Kier alpha value is -0.200. The normalized spacial score (nSPS) is 10.5. The number of hydrogen-bond acceptors (Lipinski definition) is 5. The maximum Gasteiger partial charge on any atom is 0.0913 e. The molecule has 0 heterocycles. The maximum atomic E-state index is 8.35.